The van der Waals surface area contributed by atoms with E-state index in [2.05, 4.69) is 29.6 Å². The second-order valence-corrected chi connectivity index (χ2v) is 4.60. The molecular weight excluding hydrogens is 222 g/mol. The summed E-state index contributed by atoms with van der Waals surface area (Å²) in [6.45, 7) is 3.89. The average molecular weight is 239 g/mol. The molecule has 0 aliphatic rings. The van der Waals surface area contributed by atoms with Gasteiger partial charge in [0.15, 0.2) is 0 Å². The summed E-state index contributed by atoms with van der Waals surface area (Å²) in [5.74, 6) is -0.0573. The lowest BCUT2D eigenvalue weighted by Crippen LogP contribution is -2.28. The number of carbonyl (C=O) groups is 1. The maximum Gasteiger partial charge on any atom is 0.244 e. The van der Waals surface area contributed by atoms with Crippen LogP contribution in [0.3, 0.4) is 0 Å². The first-order chi connectivity index (χ1) is 8.65. The number of carbonyl (C=O) groups excluding carboxylic acids is 1. The lowest BCUT2D eigenvalue weighted by molar-refractivity contribution is -0.116. The fourth-order valence-electron chi connectivity index (χ4n) is 1.82. The lowest BCUT2D eigenvalue weighted by atomic mass is 10.1. The Morgan fingerprint density at radius 3 is 2.56 bits per heavy atom. The number of fused-ring (bicyclic) bond motifs is 1. The zero-order chi connectivity index (χ0) is 13.0. The van der Waals surface area contributed by atoms with Gasteiger partial charge < -0.3 is 5.32 Å². The monoisotopic (exact) mass is 239 g/mol. The number of hydrogen-bond acceptors (Lipinski definition) is 1. The Bertz CT molecular complexity index is 584. The third kappa shape index (κ3) is 3.20. The Morgan fingerprint density at radius 1 is 1.11 bits per heavy atom. The van der Waals surface area contributed by atoms with Gasteiger partial charge in [-0.25, -0.2) is 0 Å². The molecule has 2 nitrogen and oxygen atoms in total. The Hall–Kier alpha value is -2.09. The van der Waals surface area contributed by atoms with Crippen molar-refractivity contribution < 1.29 is 4.79 Å². The van der Waals surface area contributed by atoms with Crippen LogP contribution in [0.25, 0.3) is 16.8 Å². The van der Waals surface area contributed by atoms with Crippen molar-refractivity contribution in [2.75, 3.05) is 0 Å². The third-order valence-corrected chi connectivity index (χ3v) is 2.63. The van der Waals surface area contributed by atoms with Crippen molar-refractivity contribution in [3.8, 4) is 0 Å². The molecule has 0 bridgehead atoms. The highest BCUT2D eigenvalue weighted by molar-refractivity contribution is 5.93. The van der Waals surface area contributed by atoms with Crippen molar-refractivity contribution in [2.45, 2.75) is 19.9 Å². The summed E-state index contributed by atoms with van der Waals surface area (Å²) in [5, 5.41) is 5.22. The number of rotatable bonds is 3. The quantitative estimate of drug-likeness (QED) is 0.817. The second kappa shape index (κ2) is 5.50. The standard InChI is InChI=1S/C16H17NO/c1-12(2)17-16(18)10-8-13-7-9-14-5-3-4-6-15(14)11-13/h3-12H,1-2H3,(H,17,18)/b10-8+. The second-order valence-electron chi connectivity index (χ2n) is 4.60. The summed E-state index contributed by atoms with van der Waals surface area (Å²) in [7, 11) is 0. The van der Waals surface area contributed by atoms with Crippen LogP contribution in [0.4, 0.5) is 0 Å². The van der Waals surface area contributed by atoms with Crippen molar-refractivity contribution in [3.63, 3.8) is 0 Å². The molecule has 0 atom stereocenters. The number of amides is 1. The van der Waals surface area contributed by atoms with Gasteiger partial charge in [0, 0.05) is 12.1 Å². The lowest BCUT2D eigenvalue weighted by Gasteiger charge is -2.04. The molecule has 1 amide bonds. The van der Waals surface area contributed by atoms with E-state index in [0.29, 0.717) is 0 Å². The Kier molecular flexibility index (Phi) is 3.78. The highest BCUT2D eigenvalue weighted by Crippen LogP contribution is 2.16. The summed E-state index contributed by atoms with van der Waals surface area (Å²) in [6, 6.07) is 14.5. The van der Waals surface area contributed by atoms with Gasteiger partial charge in [0.1, 0.15) is 0 Å². The van der Waals surface area contributed by atoms with E-state index in [4.69, 9.17) is 0 Å². The van der Waals surface area contributed by atoms with E-state index in [-0.39, 0.29) is 11.9 Å². The summed E-state index contributed by atoms with van der Waals surface area (Å²) >= 11 is 0. The first kappa shape index (κ1) is 12.4. The van der Waals surface area contributed by atoms with Crippen molar-refractivity contribution in [3.05, 3.63) is 54.1 Å². The average Bonchev–Trinajstić information content (AvgIpc) is 2.35. The molecule has 0 fully saturated rings. The fourth-order valence-corrected chi connectivity index (χ4v) is 1.82. The molecule has 1 N–H and O–H groups in total. The minimum absolute atomic E-state index is 0.0573. The predicted molar refractivity (Wildman–Crippen MR) is 76.3 cm³/mol. The van der Waals surface area contributed by atoms with E-state index < -0.39 is 0 Å². The number of nitrogens with one attached hydrogen (secondary N) is 1. The molecule has 0 aliphatic carbocycles. The normalized spacial score (nSPS) is 11.3. The zero-order valence-electron chi connectivity index (χ0n) is 10.7. The molecule has 0 saturated carbocycles. The van der Waals surface area contributed by atoms with Gasteiger partial charge in [-0.1, -0.05) is 36.4 Å². The van der Waals surface area contributed by atoms with Crippen molar-refractivity contribution in [1.29, 1.82) is 0 Å². The van der Waals surface area contributed by atoms with Gasteiger partial charge in [-0.05, 0) is 42.3 Å². The van der Waals surface area contributed by atoms with Crippen LogP contribution in [0.15, 0.2) is 48.5 Å². The minimum atomic E-state index is -0.0573. The van der Waals surface area contributed by atoms with E-state index >= 15 is 0 Å². The van der Waals surface area contributed by atoms with Crippen LogP contribution in [0.5, 0.6) is 0 Å². The molecule has 2 rings (SSSR count). The van der Waals surface area contributed by atoms with E-state index in [1.807, 2.05) is 38.1 Å². The Balaban J connectivity index is 2.17. The Labute approximate surface area is 107 Å². The first-order valence-electron chi connectivity index (χ1n) is 6.12. The summed E-state index contributed by atoms with van der Waals surface area (Å²) in [5.41, 5.74) is 1.03. The summed E-state index contributed by atoms with van der Waals surface area (Å²) < 4.78 is 0. The van der Waals surface area contributed by atoms with E-state index in [1.54, 1.807) is 6.08 Å². The molecule has 2 aromatic rings. The fraction of sp³-hybridized carbons (Fsp3) is 0.188. The molecule has 0 saturated heterocycles. The van der Waals surface area contributed by atoms with Crippen molar-refractivity contribution >= 4 is 22.8 Å². The van der Waals surface area contributed by atoms with Gasteiger partial charge >= 0.3 is 0 Å². The van der Waals surface area contributed by atoms with Crippen molar-refractivity contribution in [2.24, 2.45) is 0 Å². The van der Waals surface area contributed by atoms with Gasteiger partial charge in [0.2, 0.25) is 5.91 Å². The van der Waals surface area contributed by atoms with Crippen LogP contribution in [0.1, 0.15) is 19.4 Å². The molecule has 0 spiro atoms. The van der Waals surface area contributed by atoms with Gasteiger partial charge in [0.05, 0.1) is 0 Å². The van der Waals surface area contributed by atoms with E-state index in [1.165, 1.54) is 10.8 Å². The van der Waals surface area contributed by atoms with Gasteiger partial charge in [-0.15, -0.1) is 0 Å². The van der Waals surface area contributed by atoms with Gasteiger partial charge in [-0.3, -0.25) is 4.79 Å². The van der Waals surface area contributed by atoms with Crippen LogP contribution in [0.2, 0.25) is 0 Å². The molecule has 0 aliphatic heterocycles. The third-order valence-electron chi connectivity index (χ3n) is 2.63. The van der Waals surface area contributed by atoms with Crippen LogP contribution in [-0.4, -0.2) is 11.9 Å². The number of hydrogen-bond donors (Lipinski definition) is 1. The highest BCUT2D eigenvalue weighted by Gasteiger charge is 1.98. The van der Waals surface area contributed by atoms with Crippen LogP contribution in [-0.2, 0) is 4.79 Å². The topological polar surface area (TPSA) is 29.1 Å². The minimum Gasteiger partial charge on any atom is -0.350 e. The summed E-state index contributed by atoms with van der Waals surface area (Å²) in [4.78, 5) is 11.5. The van der Waals surface area contributed by atoms with E-state index in [0.717, 1.165) is 5.56 Å². The van der Waals surface area contributed by atoms with E-state index in [9.17, 15) is 4.79 Å². The van der Waals surface area contributed by atoms with Crippen LogP contribution >= 0.6 is 0 Å². The maximum atomic E-state index is 11.5. The largest absolute Gasteiger partial charge is 0.350 e. The molecular formula is C16H17NO. The summed E-state index contributed by atoms with van der Waals surface area (Å²) in [6.07, 6.45) is 3.41. The molecule has 0 unspecified atom stereocenters. The van der Waals surface area contributed by atoms with Crippen LogP contribution < -0.4 is 5.32 Å². The first-order valence-corrected chi connectivity index (χ1v) is 6.12. The molecule has 0 aromatic heterocycles. The smallest absolute Gasteiger partial charge is 0.244 e. The molecule has 18 heavy (non-hydrogen) atoms. The van der Waals surface area contributed by atoms with Crippen LogP contribution in [0, 0.1) is 0 Å². The molecule has 2 heteroatoms. The van der Waals surface area contributed by atoms with Gasteiger partial charge in [-0.2, -0.15) is 0 Å². The molecule has 0 heterocycles. The predicted octanol–water partition coefficient (Wildman–Crippen LogP) is 3.38. The number of benzene rings is 2. The maximum absolute atomic E-state index is 11.5. The molecule has 0 radical (unpaired) electrons. The zero-order valence-corrected chi connectivity index (χ0v) is 10.7. The van der Waals surface area contributed by atoms with Gasteiger partial charge in [0.25, 0.3) is 0 Å². The van der Waals surface area contributed by atoms with Crippen molar-refractivity contribution in [1.82, 2.24) is 5.32 Å². The SMILES string of the molecule is CC(C)NC(=O)/C=C/c1ccc2ccccc2c1. The Morgan fingerprint density at radius 2 is 1.83 bits per heavy atom. The highest BCUT2D eigenvalue weighted by atomic mass is 16.1. The molecule has 2 aromatic carbocycles. The molecule has 92 valence electrons.